The van der Waals surface area contributed by atoms with Crippen LogP contribution in [0.2, 0.25) is 0 Å². The quantitative estimate of drug-likeness (QED) is 0.459. The van der Waals surface area contributed by atoms with Gasteiger partial charge in [-0.1, -0.05) is 12.1 Å². The smallest absolute Gasteiger partial charge is 0.416 e. The average Bonchev–Trinajstić information content (AvgIpc) is 2.25. The van der Waals surface area contributed by atoms with Gasteiger partial charge in [0.2, 0.25) is 0 Å². The van der Waals surface area contributed by atoms with E-state index in [1.165, 1.54) is 18.2 Å². The third-order valence-electron chi connectivity index (χ3n) is 1.95. The summed E-state index contributed by atoms with van der Waals surface area (Å²) in [6.07, 6.45) is -2.38. The first-order valence-corrected chi connectivity index (χ1v) is 4.92. The fourth-order valence-electron chi connectivity index (χ4n) is 1.14. The van der Waals surface area contributed by atoms with Gasteiger partial charge in [0.05, 0.1) is 5.56 Å². The lowest BCUT2D eigenvalue weighted by atomic mass is 10.2. The van der Waals surface area contributed by atoms with Gasteiger partial charge < -0.3 is 4.74 Å². The SMILES string of the molecule is C=CCCC(=O)Oc1cccc(C(F)(F)F)c1. The number of carbonyl (C=O) groups excluding carboxylic acids is 1. The van der Waals surface area contributed by atoms with Crippen molar-refractivity contribution in [2.75, 3.05) is 0 Å². The normalized spacial score (nSPS) is 11.0. The molecule has 0 aromatic heterocycles. The Bertz CT molecular complexity index is 410. The molecular weight excluding hydrogens is 233 g/mol. The van der Waals surface area contributed by atoms with E-state index in [4.69, 9.17) is 4.74 Å². The fraction of sp³-hybridized carbons (Fsp3) is 0.250. The van der Waals surface area contributed by atoms with Crippen LogP contribution < -0.4 is 4.74 Å². The van der Waals surface area contributed by atoms with Gasteiger partial charge in [0, 0.05) is 6.42 Å². The molecular formula is C12H11F3O2. The molecule has 1 aromatic rings. The second kappa shape index (κ2) is 5.52. The Morgan fingerprint density at radius 1 is 1.41 bits per heavy atom. The molecule has 0 aliphatic heterocycles. The molecule has 0 aliphatic rings. The highest BCUT2D eigenvalue weighted by Crippen LogP contribution is 2.31. The summed E-state index contributed by atoms with van der Waals surface area (Å²) in [5, 5.41) is 0. The van der Waals surface area contributed by atoms with E-state index in [2.05, 4.69) is 6.58 Å². The molecule has 2 nitrogen and oxygen atoms in total. The number of alkyl halides is 3. The Hall–Kier alpha value is -1.78. The third-order valence-corrected chi connectivity index (χ3v) is 1.95. The summed E-state index contributed by atoms with van der Waals surface area (Å²) in [7, 11) is 0. The highest BCUT2D eigenvalue weighted by molar-refractivity contribution is 5.72. The molecule has 0 aliphatic carbocycles. The van der Waals surface area contributed by atoms with Gasteiger partial charge in [0.15, 0.2) is 0 Å². The first-order chi connectivity index (χ1) is 7.93. The first kappa shape index (κ1) is 13.3. The maximum atomic E-state index is 12.4. The van der Waals surface area contributed by atoms with Crippen molar-refractivity contribution in [1.82, 2.24) is 0 Å². The second-order valence-corrected chi connectivity index (χ2v) is 3.33. The van der Waals surface area contributed by atoms with Crippen LogP contribution in [0.1, 0.15) is 18.4 Å². The molecule has 5 heteroatoms. The van der Waals surface area contributed by atoms with Crippen LogP contribution in [-0.4, -0.2) is 5.97 Å². The summed E-state index contributed by atoms with van der Waals surface area (Å²) in [5.41, 5.74) is -0.841. The minimum atomic E-state index is -4.44. The number of halogens is 3. The molecule has 0 saturated heterocycles. The number of rotatable bonds is 4. The Kier molecular flexibility index (Phi) is 4.31. The molecule has 92 valence electrons. The molecule has 0 unspecified atom stereocenters. The monoisotopic (exact) mass is 244 g/mol. The van der Waals surface area contributed by atoms with E-state index in [0.717, 1.165) is 12.1 Å². The van der Waals surface area contributed by atoms with Gasteiger partial charge in [0.1, 0.15) is 5.75 Å². The van der Waals surface area contributed by atoms with Crippen molar-refractivity contribution in [2.24, 2.45) is 0 Å². The maximum absolute atomic E-state index is 12.4. The summed E-state index contributed by atoms with van der Waals surface area (Å²) < 4.78 is 41.8. The van der Waals surface area contributed by atoms with Gasteiger partial charge in [-0.2, -0.15) is 13.2 Å². The van der Waals surface area contributed by atoms with Crippen LogP contribution in [0, 0.1) is 0 Å². The van der Waals surface area contributed by atoms with E-state index in [-0.39, 0.29) is 12.2 Å². The minimum Gasteiger partial charge on any atom is -0.427 e. The molecule has 0 amide bonds. The molecule has 0 heterocycles. The van der Waals surface area contributed by atoms with Crippen molar-refractivity contribution in [3.63, 3.8) is 0 Å². The molecule has 0 N–H and O–H groups in total. The summed E-state index contributed by atoms with van der Waals surface area (Å²) in [6.45, 7) is 3.43. The van der Waals surface area contributed by atoms with Gasteiger partial charge in [0.25, 0.3) is 0 Å². The number of esters is 1. The van der Waals surface area contributed by atoms with Crippen LogP contribution in [0.15, 0.2) is 36.9 Å². The fourth-order valence-corrected chi connectivity index (χ4v) is 1.14. The zero-order valence-corrected chi connectivity index (χ0v) is 8.96. The highest BCUT2D eigenvalue weighted by Gasteiger charge is 2.30. The van der Waals surface area contributed by atoms with Crippen LogP contribution in [0.25, 0.3) is 0 Å². The van der Waals surface area contributed by atoms with E-state index >= 15 is 0 Å². The van der Waals surface area contributed by atoms with Crippen molar-refractivity contribution in [2.45, 2.75) is 19.0 Å². The first-order valence-electron chi connectivity index (χ1n) is 4.92. The predicted octanol–water partition coefficient (Wildman–Crippen LogP) is 3.58. The lowest BCUT2D eigenvalue weighted by molar-refractivity contribution is -0.139. The van der Waals surface area contributed by atoms with E-state index < -0.39 is 17.7 Å². The Morgan fingerprint density at radius 2 is 2.12 bits per heavy atom. The van der Waals surface area contributed by atoms with Gasteiger partial charge in [-0.05, 0) is 24.6 Å². The van der Waals surface area contributed by atoms with Crippen molar-refractivity contribution in [3.8, 4) is 5.75 Å². The predicted molar refractivity (Wildman–Crippen MR) is 56.5 cm³/mol. The van der Waals surface area contributed by atoms with Crippen LogP contribution in [0.4, 0.5) is 13.2 Å². The summed E-state index contributed by atoms with van der Waals surface area (Å²) in [6, 6.07) is 4.22. The number of hydrogen-bond donors (Lipinski definition) is 0. The summed E-state index contributed by atoms with van der Waals surface area (Å²) >= 11 is 0. The maximum Gasteiger partial charge on any atom is 0.416 e. The van der Waals surface area contributed by atoms with Gasteiger partial charge >= 0.3 is 12.1 Å². The largest absolute Gasteiger partial charge is 0.427 e. The van der Waals surface area contributed by atoms with E-state index in [1.807, 2.05) is 0 Å². The zero-order valence-electron chi connectivity index (χ0n) is 8.96. The summed E-state index contributed by atoms with van der Waals surface area (Å²) in [4.78, 5) is 11.2. The Labute approximate surface area is 96.7 Å². The van der Waals surface area contributed by atoms with Crippen LogP contribution in [-0.2, 0) is 11.0 Å². The lowest BCUT2D eigenvalue weighted by Crippen LogP contribution is -2.09. The van der Waals surface area contributed by atoms with Crippen LogP contribution in [0.5, 0.6) is 5.75 Å². The molecule has 0 atom stereocenters. The number of carbonyl (C=O) groups is 1. The Balaban J connectivity index is 2.72. The van der Waals surface area contributed by atoms with Gasteiger partial charge in [-0.25, -0.2) is 0 Å². The van der Waals surface area contributed by atoms with E-state index in [1.54, 1.807) is 0 Å². The molecule has 0 bridgehead atoms. The molecule has 0 saturated carbocycles. The number of allylic oxidation sites excluding steroid dienone is 1. The van der Waals surface area contributed by atoms with E-state index in [0.29, 0.717) is 6.42 Å². The van der Waals surface area contributed by atoms with Gasteiger partial charge in [-0.3, -0.25) is 4.79 Å². The van der Waals surface area contributed by atoms with Crippen molar-refractivity contribution >= 4 is 5.97 Å². The van der Waals surface area contributed by atoms with E-state index in [9.17, 15) is 18.0 Å². The Morgan fingerprint density at radius 3 is 2.71 bits per heavy atom. The highest BCUT2D eigenvalue weighted by atomic mass is 19.4. The van der Waals surface area contributed by atoms with Crippen molar-refractivity contribution < 1.29 is 22.7 Å². The molecule has 0 radical (unpaired) electrons. The van der Waals surface area contributed by atoms with Crippen LogP contribution in [0.3, 0.4) is 0 Å². The number of hydrogen-bond acceptors (Lipinski definition) is 2. The number of ether oxygens (including phenoxy) is 1. The van der Waals surface area contributed by atoms with Crippen molar-refractivity contribution in [3.05, 3.63) is 42.5 Å². The second-order valence-electron chi connectivity index (χ2n) is 3.33. The molecule has 0 spiro atoms. The van der Waals surface area contributed by atoms with Crippen molar-refractivity contribution in [1.29, 1.82) is 0 Å². The van der Waals surface area contributed by atoms with Gasteiger partial charge in [-0.15, -0.1) is 6.58 Å². The molecule has 0 fully saturated rings. The topological polar surface area (TPSA) is 26.3 Å². The van der Waals surface area contributed by atoms with Crippen LogP contribution >= 0.6 is 0 Å². The summed E-state index contributed by atoms with van der Waals surface area (Å²) in [5.74, 6) is -0.682. The number of benzene rings is 1. The average molecular weight is 244 g/mol. The third kappa shape index (κ3) is 4.30. The molecule has 1 rings (SSSR count). The zero-order chi connectivity index (χ0) is 12.9. The standard InChI is InChI=1S/C12H11F3O2/c1-2-3-7-11(16)17-10-6-4-5-9(8-10)12(13,14)15/h2,4-6,8H,1,3,7H2. The molecule has 1 aromatic carbocycles. The lowest BCUT2D eigenvalue weighted by Gasteiger charge is -2.08. The molecule has 17 heavy (non-hydrogen) atoms. The minimum absolute atomic E-state index is 0.0970.